The lowest BCUT2D eigenvalue weighted by atomic mass is 10.1. The van der Waals surface area contributed by atoms with Gasteiger partial charge in [0, 0.05) is 24.7 Å². The van der Waals surface area contributed by atoms with Crippen LogP contribution < -0.4 is 5.32 Å². The van der Waals surface area contributed by atoms with Gasteiger partial charge in [0.2, 0.25) is 0 Å². The van der Waals surface area contributed by atoms with Crippen LogP contribution in [0.1, 0.15) is 39.5 Å². The molecule has 3 heteroatoms. The van der Waals surface area contributed by atoms with E-state index in [0.717, 1.165) is 12.1 Å². The van der Waals surface area contributed by atoms with Crippen LogP contribution in [0.5, 0.6) is 0 Å². The van der Waals surface area contributed by atoms with E-state index in [1.165, 1.54) is 50.3 Å². The molecule has 0 saturated carbocycles. The molecule has 94 valence electrons. The van der Waals surface area contributed by atoms with Crippen molar-refractivity contribution in [2.75, 3.05) is 24.6 Å². The van der Waals surface area contributed by atoms with Gasteiger partial charge in [-0.3, -0.25) is 4.90 Å². The fourth-order valence-electron chi connectivity index (χ4n) is 3.13. The molecule has 0 aromatic heterocycles. The van der Waals surface area contributed by atoms with E-state index < -0.39 is 0 Å². The molecule has 0 amide bonds. The summed E-state index contributed by atoms with van der Waals surface area (Å²) in [5, 5.41) is 3.85. The van der Waals surface area contributed by atoms with Crippen LogP contribution in [0.4, 0.5) is 0 Å². The Labute approximate surface area is 105 Å². The second-order valence-electron chi connectivity index (χ2n) is 5.19. The van der Waals surface area contributed by atoms with Crippen LogP contribution in [0.15, 0.2) is 0 Å². The van der Waals surface area contributed by atoms with Crippen molar-refractivity contribution in [2.24, 2.45) is 0 Å². The zero-order valence-electron chi connectivity index (χ0n) is 10.7. The summed E-state index contributed by atoms with van der Waals surface area (Å²) in [4.78, 5) is 2.69. The van der Waals surface area contributed by atoms with E-state index in [0.29, 0.717) is 6.04 Å². The number of nitrogens with one attached hydrogen (secondary N) is 1. The minimum absolute atomic E-state index is 0.699. The normalized spacial score (nSPS) is 31.9. The van der Waals surface area contributed by atoms with E-state index in [9.17, 15) is 0 Å². The lowest BCUT2D eigenvalue weighted by molar-refractivity contribution is 0.290. The molecule has 16 heavy (non-hydrogen) atoms. The lowest BCUT2D eigenvalue weighted by Crippen LogP contribution is -2.43. The number of hydrogen-bond donors (Lipinski definition) is 1. The molecule has 2 nitrogen and oxygen atoms in total. The van der Waals surface area contributed by atoms with Crippen LogP contribution in [0.3, 0.4) is 0 Å². The second-order valence-corrected chi connectivity index (χ2v) is 6.59. The minimum Gasteiger partial charge on any atom is -0.310 e. The number of fused-ring (bicyclic) bond motifs is 1. The molecular weight excluding hydrogens is 216 g/mol. The van der Waals surface area contributed by atoms with Gasteiger partial charge in [-0.1, -0.05) is 6.92 Å². The van der Waals surface area contributed by atoms with Crippen molar-refractivity contribution in [3.8, 4) is 0 Å². The Morgan fingerprint density at radius 3 is 3.06 bits per heavy atom. The van der Waals surface area contributed by atoms with Gasteiger partial charge in [-0.25, -0.2) is 0 Å². The van der Waals surface area contributed by atoms with Gasteiger partial charge in [0.1, 0.15) is 0 Å². The molecule has 0 aliphatic carbocycles. The average molecular weight is 242 g/mol. The standard InChI is InChI=1S/C13H26N2S/c1-3-16-10-7-11(2)14-12-6-9-15-8-4-5-13(12)15/h11-14H,3-10H2,1-2H3. The van der Waals surface area contributed by atoms with E-state index in [1.54, 1.807) is 0 Å². The van der Waals surface area contributed by atoms with Gasteiger partial charge in [-0.05, 0) is 50.7 Å². The van der Waals surface area contributed by atoms with Gasteiger partial charge >= 0.3 is 0 Å². The number of thioether (sulfide) groups is 1. The molecule has 2 aliphatic heterocycles. The molecule has 2 fully saturated rings. The highest BCUT2D eigenvalue weighted by Gasteiger charge is 2.37. The molecule has 0 radical (unpaired) electrons. The first kappa shape index (κ1) is 12.7. The molecule has 2 aliphatic rings. The van der Waals surface area contributed by atoms with Crippen LogP contribution in [0.25, 0.3) is 0 Å². The summed E-state index contributed by atoms with van der Waals surface area (Å²) in [5.74, 6) is 2.57. The molecule has 1 N–H and O–H groups in total. The van der Waals surface area contributed by atoms with E-state index in [1.807, 2.05) is 0 Å². The number of nitrogens with zero attached hydrogens (tertiary/aromatic N) is 1. The van der Waals surface area contributed by atoms with E-state index in [4.69, 9.17) is 0 Å². The third-order valence-corrected chi connectivity index (χ3v) is 4.94. The summed E-state index contributed by atoms with van der Waals surface area (Å²) < 4.78 is 0. The second kappa shape index (κ2) is 6.27. The SMILES string of the molecule is CCSCCC(C)NC1CCN2CCCC12. The Hall–Kier alpha value is 0.270. The van der Waals surface area contributed by atoms with Gasteiger partial charge in [-0.2, -0.15) is 11.8 Å². The maximum atomic E-state index is 3.85. The van der Waals surface area contributed by atoms with Crippen LogP contribution in [-0.2, 0) is 0 Å². The summed E-state index contributed by atoms with van der Waals surface area (Å²) in [6.45, 7) is 7.28. The quantitative estimate of drug-likeness (QED) is 0.720. The largest absolute Gasteiger partial charge is 0.310 e. The van der Waals surface area contributed by atoms with Crippen molar-refractivity contribution >= 4 is 11.8 Å². The highest BCUT2D eigenvalue weighted by Crippen LogP contribution is 2.28. The van der Waals surface area contributed by atoms with Crippen molar-refractivity contribution in [1.82, 2.24) is 10.2 Å². The topological polar surface area (TPSA) is 15.3 Å². The molecule has 2 saturated heterocycles. The van der Waals surface area contributed by atoms with E-state index in [2.05, 4.69) is 35.8 Å². The zero-order valence-corrected chi connectivity index (χ0v) is 11.6. The summed E-state index contributed by atoms with van der Waals surface area (Å²) in [6, 6.07) is 2.34. The van der Waals surface area contributed by atoms with Crippen LogP contribution in [-0.4, -0.2) is 47.6 Å². The summed E-state index contributed by atoms with van der Waals surface area (Å²) >= 11 is 2.06. The molecule has 0 aromatic carbocycles. The lowest BCUT2D eigenvalue weighted by Gasteiger charge is -2.25. The Morgan fingerprint density at radius 2 is 2.25 bits per heavy atom. The van der Waals surface area contributed by atoms with Crippen molar-refractivity contribution < 1.29 is 0 Å². The fourth-order valence-corrected chi connectivity index (χ4v) is 3.94. The van der Waals surface area contributed by atoms with Crippen molar-refractivity contribution in [1.29, 1.82) is 0 Å². The summed E-state index contributed by atoms with van der Waals surface area (Å²) in [7, 11) is 0. The Bertz CT molecular complexity index is 210. The third-order valence-electron chi connectivity index (χ3n) is 4.00. The molecule has 0 spiro atoms. The average Bonchev–Trinajstić information content (AvgIpc) is 2.83. The van der Waals surface area contributed by atoms with Gasteiger partial charge in [0.15, 0.2) is 0 Å². The maximum Gasteiger partial charge on any atom is 0.0250 e. The first-order chi connectivity index (χ1) is 7.81. The zero-order chi connectivity index (χ0) is 11.4. The number of rotatable bonds is 6. The molecule has 0 bridgehead atoms. The number of hydrogen-bond acceptors (Lipinski definition) is 3. The minimum atomic E-state index is 0.699. The van der Waals surface area contributed by atoms with Gasteiger partial charge < -0.3 is 5.32 Å². The molecule has 2 rings (SSSR count). The predicted octanol–water partition coefficient (Wildman–Crippen LogP) is 2.34. The Balaban J connectivity index is 1.68. The smallest absolute Gasteiger partial charge is 0.0250 e. The van der Waals surface area contributed by atoms with Gasteiger partial charge in [0.25, 0.3) is 0 Å². The summed E-state index contributed by atoms with van der Waals surface area (Å²) in [6.07, 6.45) is 5.54. The van der Waals surface area contributed by atoms with Crippen molar-refractivity contribution in [3.05, 3.63) is 0 Å². The van der Waals surface area contributed by atoms with Crippen LogP contribution in [0, 0.1) is 0 Å². The first-order valence-electron chi connectivity index (χ1n) is 6.89. The first-order valence-corrected chi connectivity index (χ1v) is 8.04. The van der Waals surface area contributed by atoms with E-state index in [-0.39, 0.29) is 0 Å². The molecule has 3 atom stereocenters. The molecule has 2 heterocycles. The van der Waals surface area contributed by atoms with Crippen LogP contribution >= 0.6 is 11.8 Å². The maximum absolute atomic E-state index is 3.85. The van der Waals surface area contributed by atoms with Gasteiger partial charge in [0.05, 0.1) is 0 Å². The Kier molecular flexibility index (Phi) is 4.98. The van der Waals surface area contributed by atoms with Gasteiger partial charge in [-0.15, -0.1) is 0 Å². The predicted molar refractivity (Wildman–Crippen MR) is 73.2 cm³/mol. The highest BCUT2D eigenvalue weighted by molar-refractivity contribution is 7.99. The van der Waals surface area contributed by atoms with Crippen LogP contribution in [0.2, 0.25) is 0 Å². The van der Waals surface area contributed by atoms with Crippen molar-refractivity contribution in [3.63, 3.8) is 0 Å². The Morgan fingerprint density at radius 1 is 1.38 bits per heavy atom. The summed E-state index contributed by atoms with van der Waals surface area (Å²) in [5.41, 5.74) is 0. The third kappa shape index (κ3) is 3.14. The van der Waals surface area contributed by atoms with Crippen molar-refractivity contribution in [2.45, 2.75) is 57.7 Å². The fraction of sp³-hybridized carbons (Fsp3) is 1.00. The van der Waals surface area contributed by atoms with E-state index >= 15 is 0 Å². The molecule has 0 aromatic rings. The highest BCUT2D eigenvalue weighted by atomic mass is 32.2. The molecule has 3 unspecified atom stereocenters. The molecular formula is C13H26N2S. The monoisotopic (exact) mass is 242 g/mol.